The maximum atomic E-state index is 12.2. The maximum Gasteiger partial charge on any atom is 0.0909 e. The number of nitrogens with zero attached hydrogens (tertiary/aromatic N) is 1. The van der Waals surface area contributed by atoms with Crippen molar-refractivity contribution in [1.29, 1.82) is 0 Å². The van der Waals surface area contributed by atoms with Gasteiger partial charge in [0.25, 0.3) is 0 Å². The maximum absolute atomic E-state index is 12.2. The zero-order chi connectivity index (χ0) is 22.4. The van der Waals surface area contributed by atoms with Crippen LogP contribution in [0.2, 0.25) is 0 Å². The summed E-state index contributed by atoms with van der Waals surface area (Å²) in [5.41, 5.74) is 8.92. The van der Waals surface area contributed by atoms with Crippen molar-refractivity contribution in [3.63, 3.8) is 0 Å². The highest BCUT2D eigenvalue weighted by Gasteiger charge is 2.49. The van der Waals surface area contributed by atoms with E-state index in [-0.39, 0.29) is 12.0 Å². The summed E-state index contributed by atoms with van der Waals surface area (Å²) in [6, 6.07) is 11.5. The summed E-state index contributed by atoms with van der Waals surface area (Å²) in [6.45, 7) is 19.7. The average Bonchev–Trinajstić information content (AvgIpc) is 2.66. The Morgan fingerprint density at radius 2 is 1.57 bits per heavy atom. The fourth-order valence-corrected chi connectivity index (χ4v) is 5.27. The summed E-state index contributed by atoms with van der Waals surface area (Å²) in [4.78, 5) is 2.37. The summed E-state index contributed by atoms with van der Waals surface area (Å²) in [5, 5.41) is 12.2. The molecular formula is C28H39NO. The minimum atomic E-state index is -0.870. The number of hydrogen-bond acceptors (Lipinski definition) is 2. The van der Waals surface area contributed by atoms with E-state index in [0.717, 1.165) is 12.0 Å². The number of aliphatic hydroxyl groups is 1. The number of benzene rings is 2. The van der Waals surface area contributed by atoms with Gasteiger partial charge >= 0.3 is 0 Å². The van der Waals surface area contributed by atoms with Gasteiger partial charge in [-0.05, 0) is 105 Å². The molecule has 1 saturated heterocycles. The average molecular weight is 406 g/mol. The standard InChI is InChI=1S/C28H39NO/c1-17-10-11-25(13-19(17)3)27-28(30,23(7)15-24(8)29(27)9)16-22(6)26-14-20(4)18(2)12-21(26)5/h10-14,23-24,27,30H,6,15-16H2,1-5,7-9H3. The topological polar surface area (TPSA) is 23.5 Å². The zero-order valence-corrected chi connectivity index (χ0v) is 20.1. The van der Waals surface area contributed by atoms with Crippen LogP contribution < -0.4 is 0 Å². The lowest BCUT2D eigenvalue weighted by Crippen LogP contribution is -2.57. The normalized spacial score (nSPS) is 27.3. The van der Waals surface area contributed by atoms with Gasteiger partial charge in [0.1, 0.15) is 0 Å². The van der Waals surface area contributed by atoms with Crippen molar-refractivity contribution < 1.29 is 5.11 Å². The molecule has 0 aromatic heterocycles. The largest absolute Gasteiger partial charge is 0.387 e. The monoisotopic (exact) mass is 405 g/mol. The van der Waals surface area contributed by atoms with E-state index < -0.39 is 5.60 Å². The molecule has 4 atom stereocenters. The highest BCUT2D eigenvalue weighted by atomic mass is 16.3. The molecule has 2 aromatic rings. The van der Waals surface area contributed by atoms with Crippen molar-refractivity contribution in [1.82, 2.24) is 4.90 Å². The number of likely N-dealkylation sites (tertiary alicyclic amines) is 1. The van der Waals surface area contributed by atoms with E-state index >= 15 is 0 Å². The second kappa shape index (κ2) is 8.32. The van der Waals surface area contributed by atoms with Crippen LogP contribution in [0.15, 0.2) is 36.9 Å². The van der Waals surface area contributed by atoms with Gasteiger partial charge in [0, 0.05) is 12.5 Å². The van der Waals surface area contributed by atoms with E-state index in [1.54, 1.807) is 0 Å². The van der Waals surface area contributed by atoms with Crippen LogP contribution in [0, 0.1) is 40.5 Å². The van der Waals surface area contributed by atoms with Crippen molar-refractivity contribution in [2.45, 2.75) is 79.0 Å². The molecule has 0 spiro atoms. The zero-order valence-electron chi connectivity index (χ0n) is 20.1. The molecular weight excluding hydrogens is 366 g/mol. The lowest BCUT2D eigenvalue weighted by Gasteiger charge is -2.53. The number of likely N-dealkylation sites (N-methyl/N-ethyl adjacent to an activating group) is 1. The first-order valence-corrected chi connectivity index (χ1v) is 11.2. The molecule has 1 N–H and O–H groups in total. The lowest BCUT2D eigenvalue weighted by atomic mass is 9.68. The molecule has 2 aromatic carbocycles. The molecule has 1 aliphatic rings. The molecule has 2 nitrogen and oxygen atoms in total. The van der Waals surface area contributed by atoms with Crippen LogP contribution in [0.5, 0.6) is 0 Å². The highest BCUT2D eigenvalue weighted by Crippen LogP contribution is 2.48. The molecule has 0 radical (unpaired) electrons. The third kappa shape index (κ3) is 4.00. The predicted octanol–water partition coefficient (Wildman–Crippen LogP) is 6.46. The van der Waals surface area contributed by atoms with E-state index in [1.807, 2.05) is 0 Å². The predicted molar refractivity (Wildman–Crippen MR) is 129 cm³/mol. The van der Waals surface area contributed by atoms with E-state index in [0.29, 0.717) is 12.5 Å². The van der Waals surface area contributed by atoms with Gasteiger partial charge in [-0.3, -0.25) is 4.90 Å². The van der Waals surface area contributed by atoms with Gasteiger partial charge in [0.2, 0.25) is 0 Å². The van der Waals surface area contributed by atoms with E-state index in [4.69, 9.17) is 0 Å². The van der Waals surface area contributed by atoms with Crippen LogP contribution in [0.3, 0.4) is 0 Å². The molecule has 1 aliphatic heterocycles. The molecule has 0 aliphatic carbocycles. The van der Waals surface area contributed by atoms with E-state index in [9.17, 15) is 5.11 Å². The number of aryl methyl sites for hydroxylation is 5. The Morgan fingerprint density at radius 1 is 0.967 bits per heavy atom. The molecule has 4 unspecified atom stereocenters. The van der Waals surface area contributed by atoms with Crippen LogP contribution in [0.4, 0.5) is 0 Å². The van der Waals surface area contributed by atoms with E-state index in [2.05, 4.69) is 97.3 Å². The molecule has 0 amide bonds. The van der Waals surface area contributed by atoms with Crippen LogP contribution in [0.1, 0.15) is 71.7 Å². The van der Waals surface area contributed by atoms with Gasteiger partial charge in [0.15, 0.2) is 0 Å². The van der Waals surface area contributed by atoms with Gasteiger partial charge in [-0.1, -0.05) is 43.8 Å². The van der Waals surface area contributed by atoms with E-state index in [1.165, 1.54) is 38.9 Å². The third-order valence-corrected chi connectivity index (χ3v) is 7.69. The first-order valence-electron chi connectivity index (χ1n) is 11.2. The lowest BCUT2D eigenvalue weighted by molar-refractivity contribution is -0.124. The Kier molecular flexibility index (Phi) is 6.32. The number of piperidine rings is 1. The fourth-order valence-electron chi connectivity index (χ4n) is 5.27. The van der Waals surface area contributed by atoms with Crippen LogP contribution >= 0.6 is 0 Å². The van der Waals surface area contributed by atoms with Crippen LogP contribution in [-0.2, 0) is 0 Å². The minimum absolute atomic E-state index is 0.0563. The second-order valence-electron chi connectivity index (χ2n) is 9.92. The Balaban J connectivity index is 2.05. The summed E-state index contributed by atoms with van der Waals surface area (Å²) < 4.78 is 0. The summed E-state index contributed by atoms with van der Waals surface area (Å²) in [5.74, 6) is 0.180. The van der Waals surface area contributed by atoms with Crippen LogP contribution in [0.25, 0.3) is 5.57 Å². The van der Waals surface area contributed by atoms with Crippen molar-refractivity contribution in [2.75, 3.05) is 7.05 Å². The first kappa shape index (κ1) is 22.8. The smallest absolute Gasteiger partial charge is 0.0909 e. The molecule has 162 valence electrons. The Hall–Kier alpha value is -1.90. The Labute approximate surface area is 183 Å². The Morgan fingerprint density at radius 3 is 2.20 bits per heavy atom. The SMILES string of the molecule is C=C(CC1(O)C(C)CC(C)N(C)C1c1ccc(C)c(C)c1)c1cc(C)c(C)cc1C. The van der Waals surface area contributed by atoms with Crippen molar-refractivity contribution in [2.24, 2.45) is 5.92 Å². The van der Waals surface area contributed by atoms with Crippen molar-refractivity contribution in [3.8, 4) is 0 Å². The molecule has 0 saturated carbocycles. The fraction of sp³-hybridized carbons (Fsp3) is 0.500. The van der Waals surface area contributed by atoms with Gasteiger partial charge < -0.3 is 5.11 Å². The first-order chi connectivity index (χ1) is 14.0. The van der Waals surface area contributed by atoms with Crippen molar-refractivity contribution >= 4 is 5.57 Å². The molecule has 1 heterocycles. The van der Waals surface area contributed by atoms with Gasteiger partial charge in [-0.25, -0.2) is 0 Å². The van der Waals surface area contributed by atoms with Gasteiger partial charge in [-0.2, -0.15) is 0 Å². The summed E-state index contributed by atoms with van der Waals surface area (Å²) in [6.07, 6.45) is 1.56. The minimum Gasteiger partial charge on any atom is -0.387 e. The van der Waals surface area contributed by atoms with Crippen LogP contribution in [-0.4, -0.2) is 28.7 Å². The molecule has 3 rings (SSSR count). The highest BCUT2D eigenvalue weighted by molar-refractivity contribution is 5.68. The molecule has 0 bridgehead atoms. The number of rotatable bonds is 4. The molecule has 1 fully saturated rings. The molecule has 2 heteroatoms. The Bertz CT molecular complexity index is 959. The summed E-state index contributed by atoms with van der Waals surface area (Å²) >= 11 is 0. The van der Waals surface area contributed by atoms with Crippen molar-refractivity contribution in [3.05, 3.63) is 75.9 Å². The third-order valence-electron chi connectivity index (χ3n) is 7.69. The number of hydrogen-bond donors (Lipinski definition) is 1. The quantitative estimate of drug-likeness (QED) is 0.630. The summed E-state index contributed by atoms with van der Waals surface area (Å²) in [7, 11) is 2.16. The van der Waals surface area contributed by atoms with Gasteiger partial charge in [0.05, 0.1) is 11.6 Å². The second-order valence-corrected chi connectivity index (χ2v) is 9.92. The molecule has 30 heavy (non-hydrogen) atoms. The van der Waals surface area contributed by atoms with Gasteiger partial charge in [-0.15, -0.1) is 0 Å².